The number of nitrogens with one attached hydrogen (secondary N) is 1. The van der Waals surface area contributed by atoms with Crippen LogP contribution in [0.5, 0.6) is 5.75 Å². The van der Waals surface area contributed by atoms with Gasteiger partial charge in [0.1, 0.15) is 5.75 Å². The summed E-state index contributed by atoms with van der Waals surface area (Å²) in [6.07, 6.45) is 9.08. The first kappa shape index (κ1) is 18.5. The highest BCUT2D eigenvalue weighted by molar-refractivity contribution is 6.26. The van der Waals surface area contributed by atoms with Crippen molar-refractivity contribution in [3.63, 3.8) is 0 Å². The molecule has 4 N–H and O–H groups in total. The second-order valence-electron chi connectivity index (χ2n) is 7.97. The van der Waals surface area contributed by atoms with Gasteiger partial charge in [0.25, 0.3) is 0 Å². The van der Waals surface area contributed by atoms with Gasteiger partial charge < -0.3 is 16.2 Å². The van der Waals surface area contributed by atoms with Gasteiger partial charge in [-0.1, -0.05) is 37.6 Å². The van der Waals surface area contributed by atoms with E-state index in [1.165, 1.54) is 49.8 Å². The lowest BCUT2D eigenvalue weighted by Crippen LogP contribution is -2.15. The van der Waals surface area contributed by atoms with Gasteiger partial charge in [0.2, 0.25) is 0 Å². The number of hydrogen-bond acceptors (Lipinski definition) is 4. The lowest BCUT2D eigenvalue weighted by Gasteiger charge is -2.28. The quantitative estimate of drug-likeness (QED) is 0.493. The number of rotatable bonds is 3. The van der Waals surface area contributed by atoms with Crippen LogP contribution in [-0.4, -0.2) is 16.6 Å². The fourth-order valence-electron chi connectivity index (χ4n) is 4.61. The maximum Gasteiger partial charge on any atom is 0.188 e. The molecule has 1 saturated carbocycles. The minimum absolute atomic E-state index is 0.0527. The Morgan fingerprint density at radius 3 is 2.39 bits per heavy atom. The molecule has 0 bridgehead atoms. The Hall–Kier alpha value is -2.88. The molecule has 4 rings (SSSR count). The first-order valence-electron chi connectivity index (χ1n) is 10.1. The van der Waals surface area contributed by atoms with Crippen molar-refractivity contribution in [2.24, 2.45) is 5.92 Å². The van der Waals surface area contributed by atoms with Crippen LogP contribution in [-0.2, 0) is 0 Å². The Morgan fingerprint density at radius 1 is 1.07 bits per heavy atom. The molecule has 4 nitrogen and oxygen atoms in total. The summed E-state index contributed by atoms with van der Waals surface area (Å²) in [4.78, 5) is 12.1. The third kappa shape index (κ3) is 3.13. The number of carbonyl (C=O) groups is 1. The Balaban J connectivity index is 1.66. The molecule has 144 valence electrons. The zero-order valence-corrected chi connectivity index (χ0v) is 16.2. The van der Waals surface area contributed by atoms with Crippen LogP contribution in [0.1, 0.15) is 66.4 Å². The Morgan fingerprint density at radius 2 is 1.75 bits per heavy atom. The van der Waals surface area contributed by atoms with E-state index >= 15 is 0 Å². The van der Waals surface area contributed by atoms with E-state index in [0.29, 0.717) is 17.2 Å². The lowest BCUT2D eigenvalue weighted by atomic mass is 9.77. The summed E-state index contributed by atoms with van der Waals surface area (Å²) in [5, 5.41) is 18.9. The zero-order chi connectivity index (χ0) is 19.8. The van der Waals surface area contributed by atoms with Crippen LogP contribution < -0.4 is 5.73 Å². The van der Waals surface area contributed by atoms with Crippen LogP contribution >= 0.6 is 0 Å². The van der Waals surface area contributed by atoms with Crippen molar-refractivity contribution in [2.45, 2.75) is 44.9 Å². The SMILES string of the molecule is CCC1CCC(c2ccc(-c3cc(N)c4c(c3O)C(=N)C=CC4=O)cc2)CC1. The molecule has 0 aromatic heterocycles. The predicted molar refractivity (Wildman–Crippen MR) is 113 cm³/mol. The van der Waals surface area contributed by atoms with Crippen molar-refractivity contribution >= 4 is 17.2 Å². The molecule has 1 fully saturated rings. The van der Waals surface area contributed by atoms with E-state index in [4.69, 9.17) is 11.1 Å². The molecule has 2 aliphatic carbocycles. The van der Waals surface area contributed by atoms with Crippen molar-refractivity contribution in [1.29, 1.82) is 5.41 Å². The molecule has 2 aromatic rings. The number of nitrogens with two attached hydrogens (primary N) is 1. The second-order valence-corrected chi connectivity index (χ2v) is 7.97. The first-order valence-corrected chi connectivity index (χ1v) is 10.1. The predicted octanol–water partition coefficient (Wildman–Crippen LogP) is 5.45. The van der Waals surface area contributed by atoms with Gasteiger partial charge in [0.15, 0.2) is 5.78 Å². The normalized spacial score (nSPS) is 21.6. The van der Waals surface area contributed by atoms with Crippen LogP contribution in [0.15, 0.2) is 42.5 Å². The summed E-state index contributed by atoms with van der Waals surface area (Å²) < 4.78 is 0. The molecule has 2 aliphatic rings. The number of phenols is 1. The topological polar surface area (TPSA) is 87.2 Å². The van der Waals surface area contributed by atoms with Gasteiger partial charge in [-0.25, -0.2) is 0 Å². The van der Waals surface area contributed by atoms with Gasteiger partial charge in [-0.2, -0.15) is 0 Å². The molecule has 0 amide bonds. The van der Waals surface area contributed by atoms with E-state index in [1.807, 2.05) is 12.1 Å². The minimum atomic E-state index is -0.275. The average Bonchev–Trinajstić information content (AvgIpc) is 2.72. The van der Waals surface area contributed by atoms with Gasteiger partial charge >= 0.3 is 0 Å². The van der Waals surface area contributed by atoms with Gasteiger partial charge in [0.05, 0.1) is 16.8 Å². The molecule has 28 heavy (non-hydrogen) atoms. The van der Waals surface area contributed by atoms with Crippen molar-refractivity contribution in [3.8, 4) is 16.9 Å². The molecular formula is C24H26N2O2. The highest BCUT2D eigenvalue weighted by atomic mass is 16.3. The number of carbonyl (C=O) groups excluding carboxylic acids is 1. The van der Waals surface area contributed by atoms with Crippen molar-refractivity contribution in [1.82, 2.24) is 0 Å². The van der Waals surface area contributed by atoms with Crippen LogP contribution in [0.25, 0.3) is 11.1 Å². The molecule has 0 atom stereocenters. The number of phenolic OH excluding ortho intramolecular Hbond substituents is 1. The number of ketones is 1. The number of nitrogen functional groups attached to an aromatic ring is 1. The maximum absolute atomic E-state index is 12.1. The third-order valence-corrected chi connectivity index (χ3v) is 6.36. The van der Waals surface area contributed by atoms with Crippen LogP contribution in [0.3, 0.4) is 0 Å². The van der Waals surface area contributed by atoms with Gasteiger partial charge in [-0.05, 0) is 66.9 Å². The maximum atomic E-state index is 12.1. The lowest BCUT2D eigenvalue weighted by molar-refractivity contribution is 0.104. The smallest absolute Gasteiger partial charge is 0.188 e. The fourth-order valence-corrected chi connectivity index (χ4v) is 4.61. The van der Waals surface area contributed by atoms with Crippen LogP contribution in [0.4, 0.5) is 5.69 Å². The summed E-state index contributed by atoms with van der Waals surface area (Å²) in [7, 11) is 0. The molecule has 0 aliphatic heterocycles. The number of allylic oxidation sites excluding steroid dienone is 2. The first-order chi connectivity index (χ1) is 13.5. The summed E-state index contributed by atoms with van der Waals surface area (Å²) in [6.45, 7) is 2.28. The number of benzene rings is 2. The van der Waals surface area contributed by atoms with E-state index in [0.717, 1.165) is 11.5 Å². The van der Waals surface area contributed by atoms with Gasteiger partial charge in [-0.15, -0.1) is 0 Å². The molecular weight excluding hydrogens is 348 g/mol. The largest absolute Gasteiger partial charge is 0.507 e. The molecule has 0 unspecified atom stereocenters. The van der Waals surface area contributed by atoms with Crippen molar-refractivity contribution in [3.05, 3.63) is 59.2 Å². The van der Waals surface area contributed by atoms with Crippen molar-refractivity contribution < 1.29 is 9.90 Å². The molecule has 0 saturated heterocycles. The van der Waals surface area contributed by atoms with Gasteiger partial charge in [0, 0.05) is 11.3 Å². The molecule has 0 heterocycles. The number of fused-ring (bicyclic) bond motifs is 1. The summed E-state index contributed by atoms with van der Waals surface area (Å²) in [5.41, 5.74) is 9.70. The number of hydrogen-bond donors (Lipinski definition) is 3. The monoisotopic (exact) mass is 374 g/mol. The van der Waals surface area contributed by atoms with Crippen LogP contribution in [0.2, 0.25) is 0 Å². The number of anilines is 1. The Kier molecular flexibility index (Phi) is 4.80. The van der Waals surface area contributed by atoms with E-state index in [1.54, 1.807) is 6.07 Å². The highest BCUT2D eigenvalue weighted by Crippen LogP contribution is 2.41. The minimum Gasteiger partial charge on any atom is -0.507 e. The van der Waals surface area contributed by atoms with E-state index in [-0.39, 0.29) is 28.4 Å². The third-order valence-electron chi connectivity index (χ3n) is 6.36. The van der Waals surface area contributed by atoms with E-state index < -0.39 is 0 Å². The molecule has 0 radical (unpaired) electrons. The van der Waals surface area contributed by atoms with Crippen molar-refractivity contribution in [2.75, 3.05) is 5.73 Å². The summed E-state index contributed by atoms with van der Waals surface area (Å²) in [6, 6.07) is 9.92. The van der Waals surface area contributed by atoms with E-state index in [9.17, 15) is 9.90 Å². The highest BCUT2D eigenvalue weighted by Gasteiger charge is 2.26. The Bertz CT molecular complexity index is 965. The molecule has 2 aromatic carbocycles. The molecule has 4 heteroatoms. The van der Waals surface area contributed by atoms with Crippen LogP contribution in [0, 0.1) is 11.3 Å². The average molecular weight is 374 g/mol. The second kappa shape index (κ2) is 7.27. The summed E-state index contributed by atoms with van der Waals surface area (Å²) >= 11 is 0. The fraction of sp³-hybridized carbons (Fsp3) is 0.333. The number of aromatic hydroxyl groups is 1. The zero-order valence-electron chi connectivity index (χ0n) is 16.2. The summed E-state index contributed by atoms with van der Waals surface area (Å²) in [5.74, 6) is 1.15. The standard InChI is InChI=1S/C24H26N2O2/c1-2-14-3-5-15(6-4-14)16-7-9-17(10-8-16)18-13-20(26)22-21(27)12-11-19(25)23(22)24(18)28/h7-15,25,28H,2-6,26H2,1H3. The Labute approximate surface area is 165 Å². The van der Waals surface area contributed by atoms with E-state index in [2.05, 4.69) is 19.1 Å². The van der Waals surface area contributed by atoms with Gasteiger partial charge in [-0.3, -0.25) is 4.79 Å². The molecule has 0 spiro atoms.